The van der Waals surface area contributed by atoms with Gasteiger partial charge >= 0.3 is 0 Å². The molecule has 1 saturated heterocycles. The van der Waals surface area contributed by atoms with Crippen LogP contribution >= 0.6 is 0 Å². The summed E-state index contributed by atoms with van der Waals surface area (Å²) in [5.41, 5.74) is 3.41. The van der Waals surface area contributed by atoms with E-state index in [2.05, 4.69) is 37.4 Å². The summed E-state index contributed by atoms with van der Waals surface area (Å²) >= 11 is 0. The number of benzene rings is 2. The number of para-hydroxylation sites is 1. The van der Waals surface area contributed by atoms with Crippen molar-refractivity contribution in [2.45, 2.75) is 18.9 Å². The Kier molecular flexibility index (Phi) is 6.88. The summed E-state index contributed by atoms with van der Waals surface area (Å²) < 4.78 is 12.0. The van der Waals surface area contributed by atoms with E-state index in [0.29, 0.717) is 28.4 Å². The van der Waals surface area contributed by atoms with Crippen LogP contribution in [0.15, 0.2) is 85.3 Å². The highest BCUT2D eigenvalue weighted by Crippen LogP contribution is 2.29. The summed E-state index contributed by atoms with van der Waals surface area (Å²) in [6, 6.07) is 20.8. The van der Waals surface area contributed by atoms with E-state index >= 15 is 0 Å². The highest BCUT2D eigenvalue weighted by atomic mass is 16.5. The van der Waals surface area contributed by atoms with E-state index in [1.54, 1.807) is 30.7 Å². The molecule has 2 N–H and O–H groups in total. The van der Waals surface area contributed by atoms with Crippen molar-refractivity contribution in [3.8, 4) is 28.5 Å². The first-order valence-electron chi connectivity index (χ1n) is 12.9. The number of hydrogen-bond donors (Lipinski definition) is 2. The third kappa shape index (κ3) is 5.73. The van der Waals surface area contributed by atoms with E-state index in [1.165, 1.54) is 0 Å². The summed E-state index contributed by atoms with van der Waals surface area (Å²) in [5.74, 6) is 1.53. The zero-order chi connectivity index (χ0) is 26.6. The molecule has 196 valence electrons. The summed E-state index contributed by atoms with van der Waals surface area (Å²) in [5, 5.41) is 10.9. The molecule has 0 bridgehead atoms. The van der Waals surface area contributed by atoms with Gasteiger partial charge in [-0.15, -0.1) is 0 Å². The van der Waals surface area contributed by atoms with Crippen LogP contribution in [0.3, 0.4) is 0 Å². The van der Waals surface area contributed by atoms with Crippen molar-refractivity contribution in [2.75, 3.05) is 25.5 Å². The SMILES string of the molecule is CN1CCC(Oc2cc(NC(=O)c3n[nH]c4ccc(-c5cncc(Oc6ccccc6)c5)cc34)ccn2)CC1. The molecule has 9 heteroatoms. The molecule has 1 amide bonds. The number of carbonyl (C=O) groups excluding carboxylic acids is 1. The molecule has 0 aliphatic carbocycles. The van der Waals surface area contributed by atoms with Crippen molar-refractivity contribution < 1.29 is 14.3 Å². The maximum absolute atomic E-state index is 13.2. The maximum atomic E-state index is 13.2. The van der Waals surface area contributed by atoms with Crippen LogP contribution in [-0.2, 0) is 0 Å². The molecule has 0 radical (unpaired) electrons. The average Bonchev–Trinajstić information content (AvgIpc) is 3.39. The second kappa shape index (κ2) is 10.9. The normalized spacial score (nSPS) is 14.3. The third-order valence-corrected chi connectivity index (χ3v) is 6.75. The van der Waals surface area contributed by atoms with Crippen LogP contribution in [0.5, 0.6) is 17.4 Å². The van der Waals surface area contributed by atoms with E-state index in [-0.39, 0.29) is 12.0 Å². The molecule has 39 heavy (non-hydrogen) atoms. The number of likely N-dealkylation sites (tertiary alicyclic amines) is 1. The second-order valence-electron chi connectivity index (χ2n) is 9.61. The Hall–Kier alpha value is -4.76. The van der Waals surface area contributed by atoms with Crippen molar-refractivity contribution in [3.63, 3.8) is 0 Å². The van der Waals surface area contributed by atoms with Crippen LogP contribution in [0.1, 0.15) is 23.3 Å². The van der Waals surface area contributed by atoms with Gasteiger partial charge in [0.25, 0.3) is 5.91 Å². The van der Waals surface area contributed by atoms with Gasteiger partial charge in [-0.3, -0.25) is 14.9 Å². The molecule has 6 rings (SSSR count). The Bertz CT molecular complexity index is 1600. The van der Waals surface area contributed by atoms with Gasteiger partial charge in [-0.1, -0.05) is 24.3 Å². The number of piperidine rings is 1. The van der Waals surface area contributed by atoms with Gasteiger partial charge in [-0.05, 0) is 61.9 Å². The molecule has 1 fully saturated rings. The number of aromatic nitrogens is 4. The molecule has 0 saturated carbocycles. The van der Waals surface area contributed by atoms with Crippen molar-refractivity contribution in [2.24, 2.45) is 0 Å². The lowest BCUT2D eigenvalue weighted by atomic mass is 10.0. The standard InChI is InChI=1S/C30H28N6O3/c1-36-13-10-24(11-14-36)39-28-17-22(9-12-32-28)33-30(37)29-26-16-20(7-8-27(26)34-35-29)21-15-25(19-31-18-21)38-23-5-3-2-4-6-23/h2-9,12,15-19,24H,10-11,13-14H2,1H3,(H,34,35)(H,32,33,37). The minimum absolute atomic E-state index is 0.124. The van der Waals surface area contributed by atoms with E-state index in [4.69, 9.17) is 9.47 Å². The van der Waals surface area contributed by atoms with Gasteiger partial charge in [-0.25, -0.2) is 4.98 Å². The first-order valence-corrected chi connectivity index (χ1v) is 12.9. The number of rotatable bonds is 7. The van der Waals surface area contributed by atoms with Crippen LogP contribution in [0.2, 0.25) is 0 Å². The van der Waals surface area contributed by atoms with Crippen molar-refractivity contribution in [3.05, 3.63) is 91.0 Å². The average molecular weight is 521 g/mol. The van der Waals surface area contributed by atoms with Crippen LogP contribution in [-0.4, -0.2) is 57.2 Å². The minimum Gasteiger partial charge on any atom is -0.474 e. The van der Waals surface area contributed by atoms with Crippen molar-refractivity contribution >= 4 is 22.5 Å². The number of pyridine rings is 2. The third-order valence-electron chi connectivity index (χ3n) is 6.75. The summed E-state index contributed by atoms with van der Waals surface area (Å²) in [6.07, 6.45) is 7.10. The molecule has 0 unspecified atom stereocenters. The first kappa shape index (κ1) is 24.6. The van der Waals surface area contributed by atoms with Gasteiger partial charge in [-0.2, -0.15) is 5.10 Å². The number of amides is 1. The second-order valence-corrected chi connectivity index (χ2v) is 9.61. The van der Waals surface area contributed by atoms with Crippen LogP contribution < -0.4 is 14.8 Å². The van der Waals surface area contributed by atoms with E-state index in [1.807, 2.05) is 54.6 Å². The number of nitrogens with zero attached hydrogens (tertiary/aromatic N) is 4. The Balaban J connectivity index is 1.19. The number of fused-ring (bicyclic) bond motifs is 1. The van der Waals surface area contributed by atoms with Gasteiger partial charge in [0.05, 0.1) is 11.7 Å². The molecule has 2 aromatic carbocycles. The quantitative estimate of drug-likeness (QED) is 0.290. The van der Waals surface area contributed by atoms with Crippen LogP contribution in [0.25, 0.3) is 22.0 Å². The predicted octanol–water partition coefficient (Wildman–Crippen LogP) is 5.54. The fourth-order valence-electron chi connectivity index (χ4n) is 4.64. The predicted molar refractivity (Wildman–Crippen MR) is 149 cm³/mol. The number of H-pyrrole nitrogens is 1. The molecule has 5 aromatic rings. The van der Waals surface area contributed by atoms with E-state index in [0.717, 1.165) is 48.3 Å². The van der Waals surface area contributed by atoms with E-state index < -0.39 is 0 Å². The zero-order valence-electron chi connectivity index (χ0n) is 21.5. The van der Waals surface area contributed by atoms with Crippen LogP contribution in [0, 0.1) is 0 Å². The van der Waals surface area contributed by atoms with Crippen LogP contribution in [0.4, 0.5) is 5.69 Å². The number of hydrogen-bond acceptors (Lipinski definition) is 7. The lowest BCUT2D eigenvalue weighted by molar-refractivity contribution is 0.102. The molecule has 4 heterocycles. The summed E-state index contributed by atoms with van der Waals surface area (Å²) in [4.78, 5) is 24.2. The number of aromatic amines is 1. The van der Waals surface area contributed by atoms with Gasteiger partial charge in [0, 0.05) is 48.2 Å². The van der Waals surface area contributed by atoms with Gasteiger partial charge in [0.15, 0.2) is 5.69 Å². The molecule has 9 nitrogen and oxygen atoms in total. The smallest absolute Gasteiger partial charge is 0.276 e. The number of ether oxygens (including phenoxy) is 2. The molecule has 1 aliphatic rings. The van der Waals surface area contributed by atoms with Crippen molar-refractivity contribution in [1.29, 1.82) is 0 Å². The fraction of sp³-hybridized carbons (Fsp3) is 0.200. The number of nitrogens with one attached hydrogen (secondary N) is 2. The highest BCUT2D eigenvalue weighted by molar-refractivity contribution is 6.11. The molecule has 1 aliphatic heterocycles. The Morgan fingerprint density at radius 1 is 0.974 bits per heavy atom. The zero-order valence-corrected chi connectivity index (χ0v) is 21.5. The Labute approximate surface area is 225 Å². The fourth-order valence-corrected chi connectivity index (χ4v) is 4.64. The van der Waals surface area contributed by atoms with Gasteiger partial charge in [0.2, 0.25) is 5.88 Å². The molecule has 3 aromatic heterocycles. The first-order chi connectivity index (χ1) is 19.1. The molecular weight excluding hydrogens is 492 g/mol. The lowest BCUT2D eigenvalue weighted by Crippen LogP contribution is -2.35. The number of carbonyl (C=O) groups is 1. The Morgan fingerprint density at radius 2 is 1.82 bits per heavy atom. The summed E-state index contributed by atoms with van der Waals surface area (Å²) in [7, 11) is 2.11. The topological polar surface area (TPSA) is 105 Å². The van der Waals surface area contributed by atoms with Gasteiger partial charge < -0.3 is 19.7 Å². The maximum Gasteiger partial charge on any atom is 0.276 e. The summed E-state index contributed by atoms with van der Waals surface area (Å²) in [6.45, 7) is 1.99. The molecule has 0 atom stereocenters. The molecule has 0 spiro atoms. The number of anilines is 1. The van der Waals surface area contributed by atoms with Crippen molar-refractivity contribution in [1.82, 2.24) is 25.1 Å². The Morgan fingerprint density at radius 3 is 2.67 bits per heavy atom. The largest absolute Gasteiger partial charge is 0.474 e. The highest BCUT2D eigenvalue weighted by Gasteiger charge is 2.19. The minimum atomic E-state index is -0.325. The van der Waals surface area contributed by atoms with Gasteiger partial charge in [0.1, 0.15) is 17.6 Å². The molecular formula is C30H28N6O3. The lowest BCUT2D eigenvalue weighted by Gasteiger charge is -2.28. The monoisotopic (exact) mass is 520 g/mol. The van der Waals surface area contributed by atoms with E-state index in [9.17, 15) is 4.79 Å².